The smallest absolute Gasteiger partial charge is 0.320 e. The van der Waals surface area contributed by atoms with Gasteiger partial charge in [0.25, 0.3) is 0 Å². The van der Waals surface area contributed by atoms with Crippen LogP contribution in [0.4, 0.5) is 0 Å². The van der Waals surface area contributed by atoms with Crippen molar-refractivity contribution in [2.75, 3.05) is 5.75 Å². The molecule has 0 N–H and O–H groups in total. The van der Waals surface area contributed by atoms with E-state index in [2.05, 4.69) is 13.8 Å². The third kappa shape index (κ3) is 4.22. The highest BCUT2D eigenvalue weighted by Gasteiger charge is 2.67. The first-order valence-corrected chi connectivity index (χ1v) is 14.4. The van der Waals surface area contributed by atoms with E-state index < -0.39 is 27.5 Å². The molecule has 180 valence electrons. The van der Waals surface area contributed by atoms with Crippen molar-refractivity contribution in [2.24, 2.45) is 16.7 Å². The predicted octanol–water partition coefficient (Wildman–Crippen LogP) is 4.94. The number of esters is 1. The zero-order valence-corrected chi connectivity index (χ0v) is 20.7. The van der Waals surface area contributed by atoms with Crippen molar-refractivity contribution < 1.29 is 17.9 Å². The third-order valence-corrected chi connectivity index (χ3v) is 11.6. The quantitative estimate of drug-likeness (QED) is 0.498. The van der Waals surface area contributed by atoms with Crippen LogP contribution in [0, 0.1) is 28.1 Å². The first-order valence-electron chi connectivity index (χ1n) is 12.8. The maximum atomic E-state index is 14.2. The van der Waals surface area contributed by atoms with Gasteiger partial charge in [-0.25, -0.2) is 8.42 Å². The lowest BCUT2D eigenvalue weighted by molar-refractivity contribution is -0.155. The Kier molecular flexibility index (Phi) is 6.94. The van der Waals surface area contributed by atoms with E-state index in [1.807, 2.05) is 10.4 Å². The van der Waals surface area contributed by atoms with Crippen LogP contribution >= 0.6 is 0 Å². The lowest BCUT2D eigenvalue weighted by Crippen LogP contribution is -2.54. The summed E-state index contributed by atoms with van der Waals surface area (Å²) in [5, 5.41) is 8.90. The van der Waals surface area contributed by atoms with E-state index in [0.29, 0.717) is 12.3 Å². The molecule has 0 heterocycles. The largest absolute Gasteiger partial charge is 0.461 e. The highest BCUT2D eigenvalue weighted by Crippen LogP contribution is 2.67. The molecule has 2 bridgehead atoms. The van der Waals surface area contributed by atoms with Gasteiger partial charge in [0.05, 0.1) is 11.8 Å². The molecule has 0 radical (unpaired) electrons. The van der Waals surface area contributed by atoms with E-state index in [1.54, 1.807) is 0 Å². The molecule has 0 spiro atoms. The fourth-order valence-electron chi connectivity index (χ4n) is 7.59. The molecular weight excluding hydrogens is 424 g/mol. The minimum atomic E-state index is -3.52. The molecule has 0 aromatic rings. The van der Waals surface area contributed by atoms with E-state index in [1.165, 1.54) is 12.8 Å². The Hall–Kier alpha value is -1.13. The molecular formula is C25H40N2O4S. The van der Waals surface area contributed by atoms with Gasteiger partial charge >= 0.3 is 5.97 Å². The molecule has 32 heavy (non-hydrogen) atoms. The van der Waals surface area contributed by atoms with Crippen LogP contribution in [0.1, 0.15) is 104 Å². The average molecular weight is 465 g/mol. The van der Waals surface area contributed by atoms with Crippen LogP contribution in [-0.2, 0) is 19.6 Å². The number of carbonyl (C=O) groups excluding carboxylic acids is 1. The van der Waals surface area contributed by atoms with E-state index in [4.69, 9.17) is 10.00 Å². The summed E-state index contributed by atoms with van der Waals surface area (Å²) < 4.78 is 36.2. The first kappa shape index (κ1) is 24.0. The Labute approximate surface area is 194 Å². The zero-order chi connectivity index (χ0) is 23.0. The molecule has 0 amide bonds. The van der Waals surface area contributed by atoms with Crippen LogP contribution in [-0.4, -0.2) is 42.6 Å². The number of nitriles is 1. The van der Waals surface area contributed by atoms with Gasteiger partial charge in [-0.2, -0.15) is 9.57 Å². The minimum Gasteiger partial charge on any atom is -0.461 e. The molecule has 0 aromatic carbocycles. The number of nitrogens with zero attached hydrogens (tertiary/aromatic N) is 2. The van der Waals surface area contributed by atoms with Crippen molar-refractivity contribution in [2.45, 2.75) is 122 Å². The highest BCUT2D eigenvalue weighted by molar-refractivity contribution is 7.89. The number of hydrogen-bond acceptors (Lipinski definition) is 5. The summed E-state index contributed by atoms with van der Waals surface area (Å²) in [5.41, 5.74) is -0.772. The molecule has 3 atom stereocenters. The van der Waals surface area contributed by atoms with Gasteiger partial charge in [-0.3, -0.25) is 4.79 Å². The summed E-state index contributed by atoms with van der Waals surface area (Å²) >= 11 is 0. The van der Waals surface area contributed by atoms with Gasteiger partial charge in [-0.05, 0) is 56.3 Å². The summed E-state index contributed by atoms with van der Waals surface area (Å²) in [7, 11) is -3.52. The predicted molar refractivity (Wildman–Crippen MR) is 123 cm³/mol. The lowest BCUT2D eigenvalue weighted by atomic mass is 9.69. The number of carbonyl (C=O) groups is 1. The molecule has 4 rings (SSSR count). The molecule has 4 aliphatic rings. The van der Waals surface area contributed by atoms with Crippen LogP contribution < -0.4 is 0 Å². The van der Waals surface area contributed by atoms with Gasteiger partial charge in [-0.15, -0.1) is 0 Å². The standard InChI is InChI=1S/C25H40N2O4S/c1-24(2)19-13-15-25(24,22(17-19)31-23(28)14-16-26)18-32(29,30)27(20-9-5-3-6-10-20)21-11-7-4-8-12-21/h19-22H,3-15,17-18H2,1-2H3/t19-,22-,25-/m1/s1. The molecule has 4 saturated carbocycles. The van der Waals surface area contributed by atoms with Crippen molar-refractivity contribution in [1.82, 2.24) is 4.31 Å². The number of ether oxygens (including phenoxy) is 1. The molecule has 4 aliphatic carbocycles. The van der Waals surface area contributed by atoms with E-state index in [0.717, 1.165) is 64.2 Å². The Morgan fingerprint density at radius 2 is 1.56 bits per heavy atom. The van der Waals surface area contributed by atoms with Gasteiger partial charge in [0.15, 0.2) is 0 Å². The summed E-state index contributed by atoms with van der Waals surface area (Å²) in [4.78, 5) is 12.2. The maximum absolute atomic E-state index is 14.2. The van der Waals surface area contributed by atoms with Crippen LogP contribution in [0.3, 0.4) is 0 Å². The second-order valence-electron chi connectivity index (χ2n) is 11.3. The van der Waals surface area contributed by atoms with Crippen molar-refractivity contribution in [1.29, 1.82) is 5.26 Å². The maximum Gasteiger partial charge on any atom is 0.320 e. The van der Waals surface area contributed by atoms with Crippen LogP contribution in [0.5, 0.6) is 0 Å². The zero-order valence-electron chi connectivity index (χ0n) is 19.9. The topological polar surface area (TPSA) is 87.5 Å². The highest BCUT2D eigenvalue weighted by atomic mass is 32.2. The van der Waals surface area contributed by atoms with Crippen LogP contribution in [0.25, 0.3) is 0 Å². The number of fused-ring (bicyclic) bond motifs is 2. The van der Waals surface area contributed by atoms with Crippen LogP contribution in [0.15, 0.2) is 0 Å². The monoisotopic (exact) mass is 464 g/mol. The van der Waals surface area contributed by atoms with Crippen molar-refractivity contribution >= 4 is 16.0 Å². The van der Waals surface area contributed by atoms with Gasteiger partial charge in [0, 0.05) is 17.5 Å². The van der Waals surface area contributed by atoms with Gasteiger partial charge < -0.3 is 4.74 Å². The summed E-state index contributed by atoms with van der Waals surface area (Å²) in [5.74, 6) is -0.0921. The summed E-state index contributed by atoms with van der Waals surface area (Å²) in [6, 6.07) is 2.11. The molecule has 0 aliphatic heterocycles. The molecule has 6 nitrogen and oxygen atoms in total. The molecule has 0 saturated heterocycles. The Bertz CT molecular complexity index is 818. The van der Waals surface area contributed by atoms with Gasteiger partial charge in [-0.1, -0.05) is 52.4 Å². The van der Waals surface area contributed by atoms with Gasteiger partial charge in [0.1, 0.15) is 12.5 Å². The molecule has 7 heteroatoms. The summed E-state index contributed by atoms with van der Waals surface area (Å²) in [6.07, 6.45) is 12.5. The van der Waals surface area contributed by atoms with E-state index >= 15 is 0 Å². The summed E-state index contributed by atoms with van der Waals surface area (Å²) in [6.45, 7) is 4.34. The Balaban J connectivity index is 1.64. The number of rotatable bonds is 7. The van der Waals surface area contributed by atoms with E-state index in [-0.39, 0.29) is 29.7 Å². The fraction of sp³-hybridized carbons (Fsp3) is 0.920. The van der Waals surface area contributed by atoms with Gasteiger partial charge in [0.2, 0.25) is 10.0 Å². The number of sulfonamides is 1. The molecule has 4 fully saturated rings. The molecule has 0 unspecified atom stereocenters. The SMILES string of the molecule is CC1(C)[C@@H]2CC[C@@]1(CS(=O)(=O)N(C1CCCCC1)C1CCCCC1)[C@H](OC(=O)CC#N)C2. The average Bonchev–Trinajstić information content (AvgIpc) is 3.10. The normalized spacial score (nSPS) is 33.3. The first-order chi connectivity index (χ1) is 15.2. The molecule has 0 aromatic heterocycles. The van der Waals surface area contributed by atoms with Crippen LogP contribution in [0.2, 0.25) is 0 Å². The number of hydrogen-bond donors (Lipinski definition) is 0. The lowest BCUT2D eigenvalue weighted by Gasteiger charge is -2.46. The second-order valence-corrected chi connectivity index (χ2v) is 13.2. The van der Waals surface area contributed by atoms with Crippen molar-refractivity contribution in [3.05, 3.63) is 0 Å². The van der Waals surface area contributed by atoms with E-state index in [9.17, 15) is 13.2 Å². The second kappa shape index (κ2) is 9.25. The third-order valence-electron chi connectivity index (χ3n) is 9.49. The Morgan fingerprint density at radius 1 is 1.00 bits per heavy atom. The fourth-order valence-corrected chi connectivity index (χ4v) is 10.4. The van der Waals surface area contributed by atoms with Crippen molar-refractivity contribution in [3.8, 4) is 6.07 Å². The van der Waals surface area contributed by atoms with Crippen molar-refractivity contribution in [3.63, 3.8) is 0 Å². The minimum absolute atomic E-state index is 0.0704. The Morgan fingerprint density at radius 3 is 2.06 bits per heavy atom.